The van der Waals surface area contributed by atoms with Gasteiger partial charge in [-0.15, -0.1) is 0 Å². The Balaban J connectivity index is 2.26. The molecule has 0 spiro atoms. The lowest BCUT2D eigenvalue weighted by atomic mass is 10.2. The fourth-order valence-electron chi connectivity index (χ4n) is 1.73. The van der Waals surface area contributed by atoms with Crippen LogP contribution in [0.5, 0.6) is 0 Å². The van der Waals surface area contributed by atoms with Gasteiger partial charge < -0.3 is 10.1 Å². The van der Waals surface area contributed by atoms with Crippen LogP contribution in [-0.4, -0.2) is 27.2 Å². The lowest BCUT2D eigenvalue weighted by molar-refractivity contribution is -0.113. The Hall–Kier alpha value is -2.68. The molecule has 0 saturated heterocycles. The van der Waals surface area contributed by atoms with Crippen molar-refractivity contribution in [2.75, 3.05) is 10.6 Å². The third kappa shape index (κ3) is 4.39. The van der Waals surface area contributed by atoms with Gasteiger partial charge in [0.2, 0.25) is 5.91 Å². The molecule has 0 aliphatic carbocycles. The van der Waals surface area contributed by atoms with E-state index in [0.29, 0.717) is 0 Å². The number of halogens is 1. The predicted molar refractivity (Wildman–Crippen MR) is 85.7 cm³/mol. The molecule has 0 fully saturated rings. The molecule has 2 aromatic rings. The molecule has 0 atom stereocenters. The third-order valence-electron chi connectivity index (χ3n) is 2.75. The average Bonchev–Trinajstić information content (AvgIpc) is 2.55. The number of benzene rings is 1. The quantitative estimate of drug-likeness (QED) is 0.521. The first-order valence-corrected chi connectivity index (χ1v) is 7.57. The van der Waals surface area contributed by atoms with Gasteiger partial charge in [-0.1, -0.05) is 46.3 Å². The van der Waals surface area contributed by atoms with E-state index < -0.39 is 28.8 Å². The number of hydrogen-bond donors (Lipinski definition) is 3. The highest BCUT2D eigenvalue weighted by Gasteiger charge is 2.19. The molecule has 0 radical (unpaired) electrons. The molecule has 1 heterocycles. The molecule has 23 heavy (non-hydrogen) atoms. The Morgan fingerprint density at radius 1 is 1.13 bits per heavy atom. The van der Waals surface area contributed by atoms with Gasteiger partial charge >= 0.3 is 11.7 Å². The number of carbonyl (C=O) groups excluding carboxylic acids is 2. The summed E-state index contributed by atoms with van der Waals surface area (Å²) in [6.45, 7) is -0.0413. The Morgan fingerprint density at radius 3 is 2.48 bits per heavy atom. The van der Waals surface area contributed by atoms with Crippen molar-refractivity contribution >= 4 is 33.5 Å². The summed E-state index contributed by atoms with van der Waals surface area (Å²) in [6.07, 6.45) is 0. The Morgan fingerprint density at radius 2 is 1.83 bits per heavy atom. The van der Waals surface area contributed by atoms with Crippen LogP contribution in [0.3, 0.4) is 0 Å². The zero-order valence-electron chi connectivity index (χ0n) is 11.7. The zero-order valence-corrected chi connectivity index (χ0v) is 13.3. The SMILES string of the molecule is O=C(CBr)Nc1c(C(=O)OCc2ccccc2)[nH]c(=O)[nH]c1=O. The molecule has 1 aromatic carbocycles. The second-order valence-electron chi connectivity index (χ2n) is 4.40. The fourth-order valence-corrected chi connectivity index (χ4v) is 1.87. The van der Waals surface area contributed by atoms with E-state index in [0.717, 1.165) is 5.56 Å². The van der Waals surface area contributed by atoms with Gasteiger partial charge in [0.1, 0.15) is 12.3 Å². The summed E-state index contributed by atoms with van der Waals surface area (Å²) in [5.41, 5.74) is -1.82. The minimum atomic E-state index is -0.929. The van der Waals surface area contributed by atoms with Crippen LogP contribution in [0, 0.1) is 0 Å². The van der Waals surface area contributed by atoms with Crippen molar-refractivity contribution in [1.29, 1.82) is 0 Å². The molecule has 0 aliphatic heterocycles. The Labute approximate surface area is 138 Å². The monoisotopic (exact) mass is 381 g/mol. The van der Waals surface area contributed by atoms with Gasteiger partial charge in [0.05, 0.1) is 5.33 Å². The maximum Gasteiger partial charge on any atom is 0.357 e. The van der Waals surface area contributed by atoms with Crippen LogP contribution in [0.25, 0.3) is 0 Å². The Kier molecular flexibility index (Phi) is 5.47. The van der Waals surface area contributed by atoms with E-state index in [1.165, 1.54) is 0 Å². The molecule has 8 nitrogen and oxygen atoms in total. The molecule has 0 bridgehead atoms. The lowest BCUT2D eigenvalue weighted by Crippen LogP contribution is -2.31. The van der Waals surface area contributed by atoms with Crippen LogP contribution in [-0.2, 0) is 16.1 Å². The van der Waals surface area contributed by atoms with Crippen molar-refractivity contribution < 1.29 is 14.3 Å². The largest absolute Gasteiger partial charge is 0.456 e. The number of hydrogen-bond acceptors (Lipinski definition) is 5. The van der Waals surface area contributed by atoms with Gasteiger partial charge in [-0.3, -0.25) is 19.6 Å². The topological polar surface area (TPSA) is 121 Å². The number of carbonyl (C=O) groups is 2. The summed E-state index contributed by atoms with van der Waals surface area (Å²) in [4.78, 5) is 50.8. The van der Waals surface area contributed by atoms with E-state index in [2.05, 4.69) is 26.2 Å². The summed E-state index contributed by atoms with van der Waals surface area (Å²) in [6, 6.07) is 8.87. The molecule has 3 N–H and O–H groups in total. The van der Waals surface area contributed by atoms with E-state index in [4.69, 9.17) is 4.74 Å². The second kappa shape index (κ2) is 7.54. The molecule has 1 amide bonds. The second-order valence-corrected chi connectivity index (χ2v) is 4.96. The van der Waals surface area contributed by atoms with Crippen LogP contribution in [0.2, 0.25) is 0 Å². The number of H-pyrrole nitrogens is 2. The third-order valence-corrected chi connectivity index (χ3v) is 3.25. The van der Waals surface area contributed by atoms with Crippen molar-refractivity contribution in [3.8, 4) is 0 Å². The van der Waals surface area contributed by atoms with Crippen LogP contribution in [0.1, 0.15) is 16.1 Å². The van der Waals surface area contributed by atoms with Crippen molar-refractivity contribution in [2.24, 2.45) is 0 Å². The molecular weight excluding hydrogens is 370 g/mol. The van der Waals surface area contributed by atoms with Gasteiger partial charge in [-0.05, 0) is 5.56 Å². The molecular formula is C14H12BrN3O5. The highest BCUT2D eigenvalue weighted by Crippen LogP contribution is 2.09. The molecule has 1 aromatic heterocycles. The molecule has 120 valence electrons. The van der Waals surface area contributed by atoms with E-state index in [1.54, 1.807) is 24.3 Å². The number of nitrogens with one attached hydrogen (secondary N) is 3. The van der Waals surface area contributed by atoms with Crippen molar-refractivity contribution in [3.63, 3.8) is 0 Å². The van der Waals surface area contributed by atoms with Crippen LogP contribution < -0.4 is 16.6 Å². The molecule has 0 aliphatic rings. The number of amides is 1. The molecule has 9 heteroatoms. The van der Waals surface area contributed by atoms with Gasteiger partial charge in [0.25, 0.3) is 5.56 Å². The van der Waals surface area contributed by atoms with Crippen LogP contribution >= 0.6 is 15.9 Å². The van der Waals surface area contributed by atoms with Gasteiger partial charge in [0, 0.05) is 0 Å². The highest BCUT2D eigenvalue weighted by atomic mass is 79.9. The average molecular weight is 382 g/mol. The lowest BCUT2D eigenvalue weighted by Gasteiger charge is -2.09. The fraction of sp³-hybridized carbons (Fsp3) is 0.143. The molecule has 0 saturated carbocycles. The number of ether oxygens (including phenoxy) is 1. The first-order chi connectivity index (χ1) is 11.0. The standard InChI is InChI=1S/C14H12BrN3O5/c15-6-9(19)16-10-11(17-14(22)18-12(10)20)13(21)23-7-8-4-2-1-3-5-8/h1-5H,6-7H2,(H,16,19)(H2,17,18,20,22). The van der Waals surface area contributed by atoms with Crippen LogP contribution in [0.4, 0.5) is 5.69 Å². The summed E-state index contributed by atoms with van der Waals surface area (Å²) in [5, 5.41) is 2.15. The maximum absolute atomic E-state index is 12.1. The highest BCUT2D eigenvalue weighted by molar-refractivity contribution is 9.09. The van der Waals surface area contributed by atoms with Crippen molar-refractivity contribution in [1.82, 2.24) is 9.97 Å². The molecule has 2 rings (SSSR count). The van der Waals surface area contributed by atoms with Crippen molar-refractivity contribution in [3.05, 3.63) is 62.4 Å². The normalized spacial score (nSPS) is 10.1. The molecule has 0 unspecified atom stereocenters. The van der Waals surface area contributed by atoms with Crippen molar-refractivity contribution in [2.45, 2.75) is 6.61 Å². The van der Waals surface area contributed by atoms with Gasteiger partial charge in [-0.25, -0.2) is 9.59 Å². The Bertz CT molecular complexity index is 828. The van der Waals surface area contributed by atoms with E-state index in [1.807, 2.05) is 11.1 Å². The minimum Gasteiger partial charge on any atom is -0.456 e. The van der Waals surface area contributed by atoms with Gasteiger partial charge in [0.15, 0.2) is 5.69 Å². The number of rotatable bonds is 5. The summed E-state index contributed by atoms with van der Waals surface area (Å²) in [5.74, 6) is -1.48. The van der Waals surface area contributed by atoms with E-state index in [9.17, 15) is 19.2 Å². The van der Waals surface area contributed by atoms with Gasteiger partial charge in [-0.2, -0.15) is 0 Å². The van der Waals surface area contributed by atoms with E-state index >= 15 is 0 Å². The first kappa shape index (κ1) is 16.7. The maximum atomic E-state index is 12.1. The number of anilines is 1. The van der Waals surface area contributed by atoms with E-state index in [-0.39, 0.29) is 17.6 Å². The number of aromatic amines is 2. The number of alkyl halides is 1. The zero-order chi connectivity index (χ0) is 16.8. The summed E-state index contributed by atoms with van der Waals surface area (Å²) in [7, 11) is 0. The number of esters is 1. The number of aromatic nitrogens is 2. The smallest absolute Gasteiger partial charge is 0.357 e. The van der Waals surface area contributed by atoms with Crippen LogP contribution in [0.15, 0.2) is 39.9 Å². The minimum absolute atomic E-state index is 0.0413. The summed E-state index contributed by atoms with van der Waals surface area (Å²) >= 11 is 2.92. The summed E-state index contributed by atoms with van der Waals surface area (Å²) < 4.78 is 5.06. The predicted octanol–water partition coefficient (Wildman–Crippen LogP) is 0.754. The first-order valence-electron chi connectivity index (χ1n) is 6.44.